The molecule has 2 fully saturated rings. The Bertz CT molecular complexity index is 957. The number of carboxylic acid groups (broad SMARTS) is 1. The van der Waals surface area contributed by atoms with Gasteiger partial charge in [0.2, 0.25) is 0 Å². The topological polar surface area (TPSA) is 93.6 Å². The van der Waals surface area contributed by atoms with Gasteiger partial charge >= 0.3 is 12.1 Å². The van der Waals surface area contributed by atoms with E-state index in [2.05, 4.69) is 15.3 Å². The normalized spacial score (nSPS) is 17.4. The third kappa shape index (κ3) is 5.25. The summed E-state index contributed by atoms with van der Waals surface area (Å²) < 4.78 is 49.3. The highest BCUT2D eigenvalue weighted by Crippen LogP contribution is 2.41. The van der Waals surface area contributed by atoms with Crippen LogP contribution in [0.15, 0.2) is 24.4 Å². The summed E-state index contributed by atoms with van der Waals surface area (Å²) in [6.45, 7) is -0.434. The van der Waals surface area contributed by atoms with Gasteiger partial charge in [0.15, 0.2) is 18.1 Å². The van der Waals surface area contributed by atoms with E-state index in [9.17, 15) is 23.1 Å². The van der Waals surface area contributed by atoms with Gasteiger partial charge in [-0.25, -0.2) is 14.8 Å². The van der Waals surface area contributed by atoms with E-state index in [0.717, 1.165) is 12.8 Å². The molecule has 2 N–H and O–H groups in total. The Kier molecular flexibility index (Phi) is 5.99. The molecule has 1 saturated carbocycles. The Morgan fingerprint density at radius 2 is 1.94 bits per heavy atom. The number of hydrogen-bond donors (Lipinski definition) is 2. The minimum atomic E-state index is -4.52. The van der Waals surface area contributed by atoms with Gasteiger partial charge in [0.25, 0.3) is 0 Å². The second-order valence-corrected chi connectivity index (χ2v) is 7.71. The Hall–Kier alpha value is -2.88. The summed E-state index contributed by atoms with van der Waals surface area (Å²) in [7, 11) is 0. The molecule has 0 atom stereocenters. The number of halogens is 3. The minimum absolute atomic E-state index is 0.0268. The van der Waals surface area contributed by atoms with Crippen molar-refractivity contribution in [3.8, 4) is 5.75 Å². The molecular formula is C21H22F3N3O4. The van der Waals surface area contributed by atoms with E-state index in [1.165, 1.54) is 12.3 Å². The molecule has 2 aliphatic rings. The number of aromatic nitrogens is 2. The Labute approximate surface area is 176 Å². The molecule has 1 aromatic heterocycles. The molecule has 0 radical (unpaired) electrons. The zero-order valence-corrected chi connectivity index (χ0v) is 16.6. The van der Waals surface area contributed by atoms with Crippen LogP contribution in [-0.2, 0) is 4.74 Å². The van der Waals surface area contributed by atoms with Gasteiger partial charge in [-0.05, 0) is 43.2 Å². The number of carboxylic acids is 1. The maximum Gasteiger partial charge on any atom is 0.422 e. The molecule has 1 aromatic carbocycles. The van der Waals surface area contributed by atoms with E-state index in [1.807, 2.05) is 0 Å². The highest BCUT2D eigenvalue weighted by molar-refractivity contribution is 5.92. The van der Waals surface area contributed by atoms with Gasteiger partial charge in [0, 0.05) is 19.1 Å². The maximum atomic E-state index is 12.9. The van der Waals surface area contributed by atoms with Crippen LogP contribution in [0.2, 0.25) is 0 Å². The Morgan fingerprint density at radius 1 is 1.19 bits per heavy atom. The summed E-state index contributed by atoms with van der Waals surface area (Å²) in [5.41, 5.74) is 1.16. The SMILES string of the molecule is O=C(O)c1nc(C2CC2)cnc1Nc1cccc(C2CCOCC2)c1OCC(F)(F)F. The number of nitrogens with zero attached hydrogens (tertiary/aromatic N) is 2. The van der Waals surface area contributed by atoms with Gasteiger partial charge in [-0.3, -0.25) is 0 Å². The van der Waals surface area contributed by atoms with Crippen molar-refractivity contribution < 1.29 is 32.5 Å². The van der Waals surface area contributed by atoms with Crippen molar-refractivity contribution >= 4 is 17.5 Å². The number of carbonyl (C=O) groups is 1. The van der Waals surface area contributed by atoms with Gasteiger partial charge in [-0.1, -0.05) is 12.1 Å². The third-order valence-electron chi connectivity index (χ3n) is 5.33. The summed E-state index contributed by atoms with van der Waals surface area (Å²) in [6, 6.07) is 4.96. The molecule has 7 nitrogen and oxygen atoms in total. The van der Waals surface area contributed by atoms with Crippen LogP contribution in [0.1, 0.15) is 59.3 Å². The summed E-state index contributed by atoms with van der Waals surface area (Å²) in [5, 5.41) is 12.4. The lowest BCUT2D eigenvalue weighted by Gasteiger charge is -2.26. The molecule has 2 heterocycles. The van der Waals surface area contributed by atoms with Crippen LogP contribution in [0, 0.1) is 0 Å². The van der Waals surface area contributed by atoms with Crippen molar-refractivity contribution in [2.24, 2.45) is 0 Å². The van der Waals surface area contributed by atoms with Crippen LogP contribution >= 0.6 is 0 Å². The first-order valence-corrected chi connectivity index (χ1v) is 10.1. The van der Waals surface area contributed by atoms with Gasteiger partial charge in [-0.15, -0.1) is 0 Å². The molecule has 2 aromatic rings. The average molecular weight is 437 g/mol. The number of alkyl halides is 3. The Morgan fingerprint density at radius 3 is 2.58 bits per heavy atom. The zero-order chi connectivity index (χ0) is 22.0. The summed E-state index contributed by atoms with van der Waals surface area (Å²) >= 11 is 0. The number of ether oxygens (including phenoxy) is 2. The predicted octanol–water partition coefficient (Wildman–Crippen LogP) is 4.63. The van der Waals surface area contributed by atoms with E-state index in [-0.39, 0.29) is 34.8 Å². The summed E-state index contributed by atoms with van der Waals surface area (Å²) in [6.07, 6.45) is 0.166. The molecule has 1 aliphatic heterocycles. The number of hydrogen-bond acceptors (Lipinski definition) is 6. The highest BCUT2D eigenvalue weighted by atomic mass is 19.4. The standard InChI is InChI=1S/C21H22F3N3O4/c22-21(23,24)11-31-18-14(12-6-8-30-9-7-12)2-1-3-15(18)27-19-17(20(28)29)26-16(10-25-19)13-4-5-13/h1-3,10,12-13H,4-9,11H2,(H,25,27)(H,28,29). The quantitative estimate of drug-likeness (QED) is 0.652. The molecule has 0 unspecified atom stereocenters. The van der Waals surface area contributed by atoms with Gasteiger partial charge in [-0.2, -0.15) is 13.2 Å². The van der Waals surface area contributed by atoms with Gasteiger partial charge in [0.1, 0.15) is 5.75 Å². The van der Waals surface area contributed by atoms with Crippen LogP contribution in [0.3, 0.4) is 0 Å². The molecule has 31 heavy (non-hydrogen) atoms. The van der Waals surface area contributed by atoms with Crippen molar-refractivity contribution in [2.45, 2.75) is 43.7 Å². The van der Waals surface area contributed by atoms with E-state index in [0.29, 0.717) is 37.3 Å². The largest absolute Gasteiger partial charge is 0.482 e. The predicted molar refractivity (Wildman–Crippen MR) is 105 cm³/mol. The zero-order valence-electron chi connectivity index (χ0n) is 16.6. The average Bonchev–Trinajstić information content (AvgIpc) is 3.58. The van der Waals surface area contributed by atoms with Crippen LogP contribution in [0.4, 0.5) is 24.7 Å². The monoisotopic (exact) mass is 437 g/mol. The van der Waals surface area contributed by atoms with Gasteiger partial charge in [0.05, 0.1) is 17.6 Å². The molecule has 1 saturated heterocycles. The fourth-order valence-corrected chi connectivity index (χ4v) is 3.65. The van der Waals surface area contributed by atoms with Crippen LogP contribution in [0.25, 0.3) is 0 Å². The van der Waals surface area contributed by atoms with Gasteiger partial charge < -0.3 is 19.9 Å². The summed E-state index contributed by atoms with van der Waals surface area (Å²) in [4.78, 5) is 20.1. The van der Waals surface area contributed by atoms with E-state index < -0.39 is 18.8 Å². The lowest BCUT2D eigenvalue weighted by Crippen LogP contribution is -2.22. The molecular weight excluding hydrogens is 415 g/mol. The van der Waals surface area contributed by atoms with Crippen molar-refractivity contribution in [1.82, 2.24) is 9.97 Å². The first-order valence-electron chi connectivity index (χ1n) is 10.1. The van der Waals surface area contributed by atoms with E-state index in [1.54, 1.807) is 12.1 Å². The number of aromatic carboxylic acids is 1. The Balaban J connectivity index is 1.69. The fourth-order valence-electron chi connectivity index (χ4n) is 3.65. The molecule has 0 amide bonds. The second kappa shape index (κ2) is 8.70. The lowest BCUT2D eigenvalue weighted by molar-refractivity contribution is -0.153. The first kappa shape index (κ1) is 21.4. The molecule has 0 spiro atoms. The first-order chi connectivity index (χ1) is 14.8. The number of rotatable bonds is 7. The second-order valence-electron chi connectivity index (χ2n) is 7.71. The molecule has 166 valence electrons. The molecule has 10 heteroatoms. The smallest absolute Gasteiger partial charge is 0.422 e. The lowest BCUT2D eigenvalue weighted by atomic mass is 9.90. The van der Waals surface area contributed by atoms with Crippen LogP contribution < -0.4 is 10.1 Å². The van der Waals surface area contributed by atoms with E-state index >= 15 is 0 Å². The third-order valence-corrected chi connectivity index (χ3v) is 5.33. The minimum Gasteiger partial charge on any atom is -0.482 e. The van der Waals surface area contributed by atoms with Crippen molar-refractivity contribution in [2.75, 3.05) is 25.1 Å². The molecule has 4 rings (SSSR count). The number of para-hydroxylation sites is 1. The van der Waals surface area contributed by atoms with Crippen LogP contribution in [0.5, 0.6) is 5.75 Å². The molecule has 1 aliphatic carbocycles. The summed E-state index contributed by atoms with van der Waals surface area (Å²) in [5.74, 6) is -1.09. The number of anilines is 2. The maximum absolute atomic E-state index is 12.9. The van der Waals surface area contributed by atoms with Crippen molar-refractivity contribution in [3.63, 3.8) is 0 Å². The highest BCUT2D eigenvalue weighted by Gasteiger charge is 2.31. The van der Waals surface area contributed by atoms with E-state index in [4.69, 9.17) is 9.47 Å². The number of benzene rings is 1. The van der Waals surface area contributed by atoms with Crippen LogP contribution in [-0.4, -0.2) is 47.0 Å². The van der Waals surface area contributed by atoms with Crippen molar-refractivity contribution in [3.05, 3.63) is 41.3 Å². The van der Waals surface area contributed by atoms with Crippen molar-refractivity contribution in [1.29, 1.82) is 0 Å². The molecule has 0 bridgehead atoms. The fraction of sp³-hybridized carbons (Fsp3) is 0.476. The number of nitrogens with one attached hydrogen (secondary N) is 1.